The lowest BCUT2D eigenvalue weighted by Gasteiger charge is -2.36. The number of anilines is 2. The molecule has 3 aromatic rings. The average Bonchev–Trinajstić information content (AvgIpc) is 2.93. The molecule has 0 bridgehead atoms. The summed E-state index contributed by atoms with van der Waals surface area (Å²) in [5, 5.41) is 11.0. The van der Waals surface area contributed by atoms with Crippen LogP contribution in [0, 0.1) is 17.2 Å². The summed E-state index contributed by atoms with van der Waals surface area (Å²) in [5.74, 6) is 1.08. The third kappa shape index (κ3) is 6.91. The fourth-order valence-corrected chi connectivity index (χ4v) is 4.52. The van der Waals surface area contributed by atoms with Crippen LogP contribution in [0.15, 0.2) is 54.7 Å². The Kier molecular flexibility index (Phi) is 9.00. The zero-order valence-corrected chi connectivity index (χ0v) is 22.6. The molecule has 198 valence electrons. The number of carbonyl (C=O) groups is 1. The molecule has 1 saturated heterocycles. The Morgan fingerprint density at radius 3 is 2.58 bits per heavy atom. The normalized spacial score (nSPS) is 13.7. The summed E-state index contributed by atoms with van der Waals surface area (Å²) in [4.78, 5) is 25.9. The maximum Gasteiger partial charge on any atom is 0.269 e. The fourth-order valence-electron chi connectivity index (χ4n) is 4.33. The molecule has 10 heteroatoms. The first-order chi connectivity index (χ1) is 18.4. The van der Waals surface area contributed by atoms with Gasteiger partial charge in [0, 0.05) is 56.6 Å². The van der Waals surface area contributed by atoms with Gasteiger partial charge in [-0.3, -0.25) is 20.1 Å². The predicted molar refractivity (Wildman–Crippen MR) is 148 cm³/mol. The van der Waals surface area contributed by atoms with E-state index < -0.39 is 0 Å². The molecule has 0 spiro atoms. The molecule has 1 aliphatic heterocycles. The molecule has 0 atom stereocenters. The summed E-state index contributed by atoms with van der Waals surface area (Å²) < 4.78 is 5.36. The highest BCUT2D eigenvalue weighted by Gasteiger charge is 2.20. The van der Waals surface area contributed by atoms with Gasteiger partial charge in [0.25, 0.3) is 5.91 Å². The van der Waals surface area contributed by atoms with Crippen LogP contribution in [0.2, 0.25) is 5.02 Å². The lowest BCUT2D eigenvalue weighted by atomic mass is 10.1. The van der Waals surface area contributed by atoms with E-state index in [4.69, 9.17) is 16.3 Å². The van der Waals surface area contributed by atoms with E-state index in [1.165, 1.54) is 11.9 Å². The first-order valence-electron chi connectivity index (χ1n) is 12.6. The number of amides is 1. The summed E-state index contributed by atoms with van der Waals surface area (Å²) in [7, 11) is 1.69. The van der Waals surface area contributed by atoms with Gasteiger partial charge in [0.1, 0.15) is 16.8 Å². The van der Waals surface area contributed by atoms with Crippen LogP contribution < -0.4 is 20.1 Å². The molecule has 0 aliphatic carbocycles. The van der Waals surface area contributed by atoms with E-state index in [2.05, 4.69) is 37.3 Å². The van der Waals surface area contributed by atoms with Gasteiger partial charge in [-0.2, -0.15) is 10.2 Å². The van der Waals surface area contributed by atoms with E-state index in [1.807, 2.05) is 56.3 Å². The molecule has 38 heavy (non-hydrogen) atoms. The van der Waals surface area contributed by atoms with E-state index in [1.54, 1.807) is 12.1 Å². The van der Waals surface area contributed by atoms with Crippen LogP contribution in [0.5, 0.6) is 5.75 Å². The molecule has 1 aliphatic rings. The molecule has 2 aromatic carbocycles. The van der Waals surface area contributed by atoms with Crippen molar-refractivity contribution in [2.75, 3.05) is 49.7 Å². The van der Waals surface area contributed by atoms with Crippen molar-refractivity contribution in [2.24, 2.45) is 5.92 Å². The van der Waals surface area contributed by atoms with Gasteiger partial charge in [-0.25, -0.2) is 4.98 Å². The minimum atomic E-state index is -0.280. The third-order valence-electron chi connectivity index (χ3n) is 6.28. The number of nitriles is 1. The highest BCUT2D eigenvalue weighted by molar-refractivity contribution is 6.32. The van der Waals surface area contributed by atoms with E-state index in [0.29, 0.717) is 17.9 Å². The Morgan fingerprint density at radius 2 is 1.92 bits per heavy atom. The van der Waals surface area contributed by atoms with Crippen molar-refractivity contribution in [3.63, 3.8) is 0 Å². The monoisotopic (exact) mass is 533 g/mol. The van der Waals surface area contributed by atoms with Gasteiger partial charge in [-0.05, 0) is 35.7 Å². The van der Waals surface area contributed by atoms with Crippen molar-refractivity contribution >= 4 is 29.0 Å². The van der Waals surface area contributed by atoms with E-state index in [0.717, 1.165) is 44.0 Å². The number of carbonyl (C=O) groups excluding carboxylic acids is 1. The van der Waals surface area contributed by atoms with Gasteiger partial charge in [0.15, 0.2) is 5.82 Å². The van der Waals surface area contributed by atoms with Gasteiger partial charge in [0.2, 0.25) is 5.82 Å². The summed E-state index contributed by atoms with van der Waals surface area (Å²) in [6, 6.07) is 17.7. The van der Waals surface area contributed by atoms with Crippen LogP contribution in [0.25, 0.3) is 0 Å². The second-order valence-electron chi connectivity index (χ2n) is 9.58. The molecule has 0 radical (unpaired) electrons. The van der Waals surface area contributed by atoms with Crippen LogP contribution >= 0.6 is 11.6 Å². The van der Waals surface area contributed by atoms with Gasteiger partial charge in [-0.15, -0.1) is 0 Å². The molecule has 1 aromatic heterocycles. The van der Waals surface area contributed by atoms with Crippen LogP contribution in [0.4, 0.5) is 11.5 Å². The number of hydrogen-bond acceptors (Lipinski definition) is 8. The smallest absolute Gasteiger partial charge is 0.269 e. The number of ether oxygens (including phenoxy) is 1. The number of hydrogen-bond donors (Lipinski definition) is 1. The highest BCUT2D eigenvalue weighted by Crippen LogP contribution is 2.24. The Hall–Kier alpha value is -3.87. The number of nitrogens with one attached hydrogen (secondary N) is 1. The molecule has 4 rings (SSSR count). The lowest BCUT2D eigenvalue weighted by molar-refractivity contribution is 0.0947. The second-order valence-corrected chi connectivity index (χ2v) is 9.99. The molecule has 1 amide bonds. The number of methoxy groups -OCH3 is 1. The molecule has 2 heterocycles. The largest absolute Gasteiger partial charge is 0.497 e. The molecule has 1 fully saturated rings. The summed E-state index contributed by atoms with van der Waals surface area (Å²) in [5.41, 5.74) is 5.74. The molecular weight excluding hydrogens is 502 g/mol. The number of halogens is 1. The summed E-state index contributed by atoms with van der Waals surface area (Å²) in [6.07, 6.45) is 1.37. The zero-order chi connectivity index (χ0) is 27.1. The lowest BCUT2D eigenvalue weighted by Crippen LogP contribution is -2.46. The maximum absolute atomic E-state index is 13.1. The van der Waals surface area contributed by atoms with Gasteiger partial charge >= 0.3 is 0 Å². The topological polar surface area (TPSA) is 97.6 Å². The number of nitrogens with zero attached hydrogens (tertiary/aromatic N) is 6. The van der Waals surface area contributed by atoms with Crippen molar-refractivity contribution in [3.8, 4) is 11.8 Å². The van der Waals surface area contributed by atoms with E-state index >= 15 is 0 Å². The maximum atomic E-state index is 13.1. The number of hydrazine groups is 1. The standard InChI is InChI=1S/C28H32ClN7O2/c1-20(2)18-36(27-25(29)17-31-26(16-30)32-27)33-28(37)22-9-7-21(8-10-22)19-34-11-13-35(14-12-34)23-5-4-6-24(15-23)38-3/h4-10,15,17,20H,11-14,18-19H2,1-3H3,(H,33,37). The second kappa shape index (κ2) is 12.6. The van der Waals surface area contributed by atoms with Crippen molar-refractivity contribution in [3.05, 3.63) is 76.7 Å². The highest BCUT2D eigenvalue weighted by atomic mass is 35.5. The Morgan fingerprint density at radius 1 is 1.18 bits per heavy atom. The van der Waals surface area contributed by atoms with Crippen molar-refractivity contribution < 1.29 is 9.53 Å². The number of piperazine rings is 1. The molecule has 0 unspecified atom stereocenters. The Bertz CT molecular complexity index is 1290. The average molecular weight is 534 g/mol. The summed E-state index contributed by atoms with van der Waals surface area (Å²) in [6.45, 7) is 9.11. The zero-order valence-electron chi connectivity index (χ0n) is 21.9. The van der Waals surface area contributed by atoms with Gasteiger partial charge < -0.3 is 9.64 Å². The molecular formula is C28H32ClN7O2. The van der Waals surface area contributed by atoms with Crippen molar-refractivity contribution in [1.82, 2.24) is 20.3 Å². The first kappa shape index (κ1) is 27.2. The fraction of sp³-hybridized carbons (Fsp3) is 0.357. The third-order valence-corrected chi connectivity index (χ3v) is 6.55. The van der Waals surface area contributed by atoms with Crippen LogP contribution in [-0.4, -0.2) is 60.6 Å². The van der Waals surface area contributed by atoms with Gasteiger partial charge in [-0.1, -0.05) is 43.6 Å². The van der Waals surface area contributed by atoms with Gasteiger partial charge in [0.05, 0.1) is 13.3 Å². The SMILES string of the molecule is COc1cccc(N2CCN(Cc3ccc(C(=O)NN(CC(C)C)c4nc(C#N)ncc4Cl)cc3)CC2)c1. The van der Waals surface area contributed by atoms with Crippen molar-refractivity contribution in [1.29, 1.82) is 5.26 Å². The Balaban J connectivity index is 1.35. The molecule has 1 N–H and O–H groups in total. The van der Waals surface area contributed by atoms with E-state index in [9.17, 15) is 10.1 Å². The minimum Gasteiger partial charge on any atom is -0.497 e. The first-order valence-corrected chi connectivity index (χ1v) is 13.0. The van der Waals surface area contributed by atoms with Crippen LogP contribution in [-0.2, 0) is 6.54 Å². The van der Waals surface area contributed by atoms with E-state index in [-0.39, 0.29) is 22.7 Å². The van der Waals surface area contributed by atoms with Crippen molar-refractivity contribution in [2.45, 2.75) is 20.4 Å². The quantitative estimate of drug-likeness (QED) is 0.410. The molecule has 9 nitrogen and oxygen atoms in total. The minimum absolute atomic E-state index is 0.0129. The number of rotatable bonds is 9. The van der Waals surface area contributed by atoms with Crippen LogP contribution in [0.1, 0.15) is 35.6 Å². The summed E-state index contributed by atoms with van der Waals surface area (Å²) >= 11 is 6.29. The Labute approximate surface area is 228 Å². The number of aromatic nitrogens is 2. The predicted octanol–water partition coefficient (Wildman–Crippen LogP) is 4.14. The number of benzene rings is 2. The molecule has 0 saturated carbocycles. The van der Waals surface area contributed by atoms with Crippen LogP contribution in [0.3, 0.4) is 0 Å².